The lowest BCUT2D eigenvalue weighted by atomic mass is 9.97. The van der Waals surface area contributed by atoms with Crippen LogP contribution < -0.4 is 4.90 Å². The summed E-state index contributed by atoms with van der Waals surface area (Å²) in [5, 5.41) is 4.27. The second-order valence-electron chi connectivity index (χ2n) is 5.69. The Morgan fingerprint density at radius 2 is 2.17 bits per heavy atom. The van der Waals surface area contributed by atoms with Crippen molar-refractivity contribution >= 4 is 11.6 Å². The van der Waals surface area contributed by atoms with Crippen LogP contribution in [0, 0.1) is 0 Å². The van der Waals surface area contributed by atoms with Crippen molar-refractivity contribution in [2.45, 2.75) is 25.3 Å². The van der Waals surface area contributed by atoms with Gasteiger partial charge in [-0.1, -0.05) is 18.2 Å². The van der Waals surface area contributed by atoms with Crippen LogP contribution in [-0.2, 0) is 16.0 Å². The van der Waals surface area contributed by atoms with Crippen LogP contribution in [0.2, 0.25) is 0 Å². The fourth-order valence-electron chi connectivity index (χ4n) is 2.95. The molecule has 128 valence electrons. The number of ether oxygens (including phenoxy) is 1. The van der Waals surface area contributed by atoms with Gasteiger partial charge in [-0.05, 0) is 24.1 Å². The maximum Gasteiger partial charge on any atom is 0.261 e. The van der Waals surface area contributed by atoms with Gasteiger partial charge < -0.3 is 9.64 Å². The Hall–Kier alpha value is -2.28. The van der Waals surface area contributed by atoms with Gasteiger partial charge in [-0.25, -0.2) is 8.78 Å². The number of carbonyl (C=O) groups is 1. The molecule has 5 nitrogen and oxygen atoms in total. The van der Waals surface area contributed by atoms with Gasteiger partial charge in [-0.2, -0.15) is 5.10 Å². The number of nitrogens with zero attached hydrogens (tertiary/aromatic N) is 3. The highest BCUT2D eigenvalue weighted by atomic mass is 19.3. The summed E-state index contributed by atoms with van der Waals surface area (Å²) in [6, 6.07) is 9.65. The van der Waals surface area contributed by atoms with Crippen molar-refractivity contribution < 1.29 is 18.3 Å². The Kier molecular flexibility index (Phi) is 5.20. The summed E-state index contributed by atoms with van der Waals surface area (Å²) >= 11 is 0. The second-order valence-corrected chi connectivity index (χ2v) is 5.69. The maximum atomic E-state index is 12.5. The molecular weight excluding hydrogens is 316 g/mol. The molecule has 0 aliphatic carbocycles. The molecule has 0 unspecified atom stereocenters. The van der Waals surface area contributed by atoms with Crippen LogP contribution in [0.1, 0.15) is 18.0 Å². The van der Waals surface area contributed by atoms with Gasteiger partial charge in [0.05, 0.1) is 19.1 Å². The molecule has 7 heteroatoms. The summed E-state index contributed by atoms with van der Waals surface area (Å²) in [7, 11) is 0. The average molecular weight is 335 g/mol. The van der Waals surface area contributed by atoms with Crippen molar-refractivity contribution in [2.75, 3.05) is 24.7 Å². The molecule has 0 spiro atoms. The number of carbonyl (C=O) groups excluding carboxylic acids is 1. The summed E-state index contributed by atoms with van der Waals surface area (Å²) in [5.41, 5.74) is 1.95. The molecule has 0 N–H and O–H groups in total. The minimum Gasteiger partial charge on any atom is -0.375 e. The summed E-state index contributed by atoms with van der Waals surface area (Å²) in [6.07, 6.45) is 1.95. The number of aromatic nitrogens is 2. The maximum absolute atomic E-state index is 12.5. The monoisotopic (exact) mass is 335 g/mol. The average Bonchev–Trinajstić information content (AvgIpc) is 3.12. The van der Waals surface area contributed by atoms with Crippen LogP contribution in [0.5, 0.6) is 0 Å². The second kappa shape index (κ2) is 7.53. The van der Waals surface area contributed by atoms with Crippen LogP contribution in [0.3, 0.4) is 0 Å². The first-order chi connectivity index (χ1) is 11.6. The van der Waals surface area contributed by atoms with E-state index in [-0.39, 0.29) is 25.0 Å². The number of amides is 1. The molecule has 1 amide bonds. The molecule has 1 aromatic carbocycles. The predicted octanol–water partition coefficient (Wildman–Crippen LogP) is 2.69. The van der Waals surface area contributed by atoms with Crippen LogP contribution in [0.25, 0.3) is 0 Å². The summed E-state index contributed by atoms with van der Waals surface area (Å²) < 4.78 is 30.9. The van der Waals surface area contributed by atoms with Crippen LogP contribution in [0.4, 0.5) is 14.5 Å². The van der Waals surface area contributed by atoms with E-state index in [1.165, 1.54) is 0 Å². The number of fused-ring (bicyclic) bond motifs is 1. The molecule has 2 heterocycles. The van der Waals surface area contributed by atoms with E-state index in [4.69, 9.17) is 4.74 Å². The number of alkyl halides is 2. The number of rotatable bonds is 6. The lowest BCUT2D eigenvalue weighted by Crippen LogP contribution is -2.41. The van der Waals surface area contributed by atoms with Crippen molar-refractivity contribution in [2.24, 2.45) is 0 Å². The van der Waals surface area contributed by atoms with E-state index in [0.717, 1.165) is 17.7 Å². The van der Waals surface area contributed by atoms with E-state index in [0.29, 0.717) is 6.54 Å². The Balaban J connectivity index is 1.71. The Labute approximate surface area is 138 Å². The highest BCUT2D eigenvalue weighted by Gasteiger charge is 2.29. The van der Waals surface area contributed by atoms with Crippen molar-refractivity contribution in [3.63, 3.8) is 0 Å². The van der Waals surface area contributed by atoms with E-state index >= 15 is 0 Å². The molecule has 0 radical (unpaired) electrons. The minimum atomic E-state index is -2.51. The number of anilines is 1. The van der Waals surface area contributed by atoms with Crippen LogP contribution in [0.15, 0.2) is 42.7 Å². The number of hydrogen-bond donors (Lipinski definition) is 0. The number of para-hydroxylation sites is 1. The Bertz CT molecular complexity index is 676. The van der Waals surface area contributed by atoms with Gasteiger partial charge in [-0.15, -0.1) is 0 Å². The van der Waals surface area contributed by atoms with Gasteiger partial charge in [0.1, 0.15) is 6.61 Å². The normalized spacial score (nSPS) is 17.1. The smallest absolute Gasteiger partial charge is 0.261 e. The Morgan fingerprint density at radius 3 is 2.92 bits per heavy atom. The molecule has 0 bridgehead atoms. The highest BCUT2D eigenvalue weighted by Crippen LogP contribution is 2.31. The van der Waals surface area contributed by atoms with Gasteiger partial charge in [0.25, 0.3) is 6.43 Å². The summed E-state index contributed by atoms with van der Waals surface area (Å²) in [6.45, 7) is -0.138. The van der Waals surface area contributed by atoms with Crippen molar-refractivity contribution in [1.82, 2.24) is 9.78 Å². The lowest BCUT2D eigenvalue weighted by Gasteiger charge is -2.34. The zero-order valence-electron chi connectivity index (χ0n) is 13.1. The van der Waals surface area contributed by atoms with Gasteiger partial charge in [0, 0.05) is 24.6 Å². The molecule has 1 aliphatic heterocycles. The molecule has 2 aromatic rings. The topological polar surface area (TPSA) is 47.4 Å². The largest absolute Gasteiger partial charge is 0.375 e. The molecule has 1 aliphatic rings. The molecule has 24 heavy (non-hydrogen) atoms. The molecular formula is C17H19F2N3O2. The third-order valence-corrected chi connectivity index (χ3v) is 4.04. The number of halogens is 2. The SMILES string of the molecule is O=C(CCOCC(F)F)N1C[C@@H](n2cccn2)Cc2ccccc21. The Morgan fingerprint density at radius 1 is 1.33 bits per heavy atom. The standard InChI is InChI=1S/C17H19F2N3O2/c18-16(19)12-24-9-6-17(23)21-11-14(22-8-3-7-20-22)10-13-4-1-2-5-15(13)21/h1-5,7-8,14,16H,6,9-12H2/t14-/m0/s1. The first-order valence-electron chi connectivity index (χ1n) is 7.88. The number of benzene rings is 1. The minimum absolute atomic E-state index is 0.00568. The first-order valence-corrected chi connectivity index (χ1v) is 7.88. The van der Waals surface area contributed by atoms with Gasteiger partial charge >= 0.3 is 0 Å². The summed E-state index contributed by atoms with van der Waals surface area (Å²) in [4.78, 5) is 14.3. The molecule has 1 atom stereocenters. The lowest BCUT2D eigenvalue weighted by molar-refractivity contribution is -0.120. The van der Waals surface area contributed by atoms with Crippen molar-refractivity contribution in [1.29, 1.82) is 0 Å². The fraction of sp³-hybridized carbons (Fsp3) is 0.412. The molecule has 0 saturated heterocycles. The van der Waals surface area contributed by atoms with E-state index in [2.05, 4.69) is 5.10 Å². The fourth-order valence-corrected chi connectivity index (χ4v) is 2.95. The van der Waals surface area contributed by atoms with Crippen LogP contribution >= 0.6 is 0 Å². The zero-order valence-corrected chi connectivity index (χ0v) is 13.1. The highest BCUT2D eigenvalue weighted by molar-refractivity contribution is 5.94. The summed E-state index contributed by atoms with van der Waals surface area (Å²) in [5.74, 6) is -0.131. The van der Waals surface area contributed by atoms with Crippen LogP contribution in [-0.4, -0.2) is 41.9 Å². The third-order valence-electron chi connectivity index (χ3n) is 4.04. The van der Waals surface area contributed by atoms with E-state index in [1.807, 2.05) is 41.2 Å². The molecule has 0 saturated carbocycles. The van der Waals surface area contributed by atoms with E-state index in [1.54, 1.807) is 11.1 Å². The molecule has 1 aromatic heterocycles. The number of hydrogen-bond acceptors (Lipinski definition) is 3. The van der Waals surface area contributed by atoms with E-state index in [9.17, 15) is 13.6 Å². The van der Waals surface area contributed by atoms with Gasteiger partial charge in [0.15, 0.2) is 0 Å². The zero-order chi connectivity index (χ0) is 16.9. The third kappa shape index (κ3) is 3.79. The first kappa shape index (κ1) is 16.6. The van der Waals surface area contributed by atoms with Gasteiger partial charge in [0.2, 0.25) is 5.91 Å². The quantitative estimate of drug-likeness (QED) is 0.763. The van der Waals surface area contributed by atoms with Crippen molar-refractivity contribution in [3.05, 3.63) is 48.3 Å². The molecule has 3 rings (SSSR count). The molecule has 0 fully saturated rings. The predicted molar refractivity (Wildman–Crippen MR) is 85.2 cm³/mol. The van der Waals surface area contributed by atoms with Crippen molar-refractivity contribution in [3.8, 4) is 0 Å². The van der Waals surface area contributed by atoms with Gasteiger partial charge in [-0.3, -0.25) is 9.48 Å². The van der Waals surface area contributed by atoms with E-state index < -0.39 is 13.0 Å².